The summed E-state index contributed by atoms with van der Waals surface area (Å²) in [6, 6.07) is 10.5. The van der Waals surface area contributed by atoms with Gasteiger partial charge in [-0.1, -0.05) is 11.6 Å². The Bertz CT molecular complexity index is 768. The summed E-state index contributed by atoms with van der Waals surface area (Å²) >= 11 is 6.44. The average Bonchev–Trinajstić information content (AvgIpc) is 3.14. The van der Waals surface area contributed by atoms with Crippen LogP contribution in [-0.4, -0.2) is 16.3 Å². The smallest absolute Gasteiger partial charge is 0.0880 e. The molecule has 0 aliphatic heterocycles. The zero-order valence-corrected chi connectivity index (χ0v) is 13.8. The molecule has 3 nitrogen and oxygen atoms in total. The summed E-state index contributed by atoms with van der Waals surface area (Å²) in [6.45, 7) is 6.08. The molecule has 2 unspecified atom stereocenters. The molecule has 114 valence electrons. The third-order valence-electron chi connectivity index (χ3n) is 4.86. The maximum atomic E-state index is 9.65. The fraction of sp³-hybridized carbons (Fsp3) is 0.389. The van der Waals surface area contributed by atoms with Gasteiger partial charge >= 0.3 is 0 Å². The molecule has 0 saturated heterocycles. The van der Waals surface area contributed by atoms with Gasteiger partial charge in [0.25, 0.3) is 0 Å². The average molecular weight is 315 g/mol. The van der Waals surface area contributed by atoms with E-state index in [-0.39, 0.29) is 12.5 Å². The van der Waals surface area contributed by atoms with E-state index in [1.807, 2.05) is 26.8 Å². The van der Waals surface area contributed by atoms with Gasteiger partial charge in [0, 0.05) is 34.6 Å². The van der Waals surface area contributed by atoms with E-state index < -0.39 is 5.41 Å². The third-order valence-corrected chi connectivity index (χ3v) is 5.26. The number of aliphatic hydroxyl groups excluding tert-OH is 1. The van der Waals surface area contributed by atoms with Crippen molar-refractivity contribution < 1.29 is 5.11 Å². The van der Waals surface area contributed by atoms with Crippen molar-refractivity contribution in [2.24, 2.45) is 5.92 Å². The van der Waals surface area contributed by atoms with Crippen molar-refractivity contribution in [1.82, 2.24) is 4.57 Å². The van der Waals surface area contributed by atoms with Gasteiger partial charge in [-0.05, 0) is 62.6 Å². The number of hydrogen-bond acceptors (Lipinski definition) is 2. The molecule has 1 N–H and O–H groups in total. The highest BCUT2D eigenvalue weighted by atomic mass is 35.5. The summed E-state index contributed by atoms with van der Waals surface area (Å²) < 4.78 is 2.14. The van der Waals surface area contributed by atoms with Gasteiger partial charge in [0.15, 0.2) is 0 Å². The first-order valence-corrected chi connectivity index (χ1v) is 7.80. The van der Waals surface area contributed by atoms with Crippen LogP contribution < -0.4 is 0 Å². The van der Waals surface area contributed by atoms with E-state index in [0.717, 1.165) is 28.2 Å². The van der Waals surface area contributed by atoms with Gasteiger partial charge in [0.2, 0.25) is 0 Å². The lowest BCUT2D eigenvalue weighted by Crippen LogP contribution is -2.13. The quantitative estimate of drug-likeness (QED) is 0.936. The number of aryl methyl sites for hydroxylation is 2. The summed E-state index contributed by atoms with van der Waals surface area (Å²) in [4.78, 5) is 0. The number of nitrogens with zero attached hydrogens (tertiary/aromatic N) is 2. The normalized spacial score (nSPS) is 23.4. The van der Waals surface area contributed by atoms with Crippen LogP contribution in [0.5, 0.6) is 0 Å². The first-order chi connectivity index (χ1) is 10.4. The predicted molar refractivity (Wildman–Crippen MR) is 87.5 cm³/mol. The van der Waals surface area contributed by atoms with Crippen molar-refractivity contribution >= 4 is 11.6 Å². The molecular weight excluding hydrogens is 296 g/mol. The molecule has 2 aromatic rings. The largest absolute Gasteiger partial charge is 0.396 e. The summed E-state index contributed by atoms with van der Waals surface area (Å²) in [5, 5.41) is 19.8. The molecular formula is C18H19ClN2O. The number of rotatable bonds is 3. The molecule has 22 heavy (non-hydrogen) atoms. The molecule has 1 aliphatic rings. The van der Waals surface area contributed by atoms with Crippen molar-refractivity contribution in [2.75, 3.05) is 6.61 Å². The van der Waals surface area contributed by atoms with Crippen molar-refractivity contribution in [3.63, 3.8) is 0 Å². The molecule has 4 heteroatoms. The number of halogens is 1. The van der Waals surface area contributed by atoms with Crippen LogP contribution in [0.1, 0.15) is 28.9 Å². The summed E-state index contributed by atoms with van der Waals surface area (Å²) in [7, 11) is 0. The Hall–Kier alpha value is -1.76. The van der Waals surface area contributed by atoms with Crippen LogP contribution in [0.2, 0.25) is 5.02 Å². The van der Waals surface area contributed by atoms with Crippen LogP contribution in [0.25, 0.3) is 5.69 Å². The Morgan fingerprint density at radius 1 is 1.32 bits per heavy atom. The fourth-order valence-corrected chi connectivity index (χ4v) is 3.62. The summed E-state index contributed by atoms with van der Waals surface area (Å²) in [5.74, 6) is 0.00868. The highest BCUT2D eigenvalue weighted by Gasteiger charge is 2.56. The molecule has 1 aliphatic carbocycles. The highest BCUT2D eigenvalue weighted by Crippen LogP contribution is 2.55. The lowest BCUT2D eigenvalue weighted by atomic mass is 9.90. The molecule has 1 aromatic heterocycles. The minimum Gasteiger partial charge on any atom is -0.396 e. The maximum absolute atomic E-state index is 9.65. The third kappa shape index (κ3) is 2.06. The number of nitriles is 1. The fourth-order valence-electron chi connectivity index (χ4n) is 3.41. The van der Waals surface area contributed by atoms with E-state index in [2.05, 4.69) is 28.8 Å². The molecule has 0 radical (unpaired) electrons. The van der Waals surface area contributed by atoms with E-state index >= 15 is 0 Å². The second-order valence-electron chi connectivity index (χ2n) is 6.22. The van der Waals surface area contributed by atoms with E-state index in [0.29, 0.717) is 11.4 Å². The molecule has 1 fully saturated rings. The van der Waals surface area contributed by atoms with Crippen molar-refractivity contribution in [3.05, 3.63) is 51.8 Å². The molecule has 3 rings (SSSR count). The molecule has 1 saturated carbocycles. The lowest BCUT2D eigenvalue weighted by molar-refractivity contribution is 0.269. The van der Waals surface area contributed by atoms with Crippen LogP contribution >= 0.6 is 11.6 Å². The van der Waals surface area contributed by atoms with Gasteiger partial charge in [0.05, 0.1) is 11.5 Å². The van der Waals surface area contributed by atoms with Crippen LogP contribution in [0.15, 0.2) is 24.3 Å². The Balaban J connectivity index is 2.20. The lowest BCUT2D eigenvalue weighted by Gasteiger charge is -2.18. The standard InChI is InChI=1S/C18H19ClN2O/c1-11-4-5-12(2)21(11)15-6-16(13(3)17(19)7-15)18(10-20)8-14(18)9-22/h4-7,14,22H,8-9H2,1-3H3. The van der Waals surface area contributed by atoms with Crippen LogP contribution in [0, 0.1) is 38.0 Å². The minimum absolute atomic E-state index is 0.00868. The Morgan fingerprint density at radius 3 is 2.45 bits per heavy atom. The van der Waals surface area contributed by atoms with E-state index in [1.54, 1.807) is 0 Å². The van der Waals surface area contributed by atoms with E-state index in [1.165, 1.54) is 0 Å². The van der Waals surface area contributed by atoms with Gasteiger partial charge in [-0.25, -0.2) is 0 Å². The maximum Gasteiger partial charge on any atom is 0.0880 e. The zero-order valence-electron chi connectivity index (χ0n) is 13.0. The van der Waals surface area contributed by atoms with Crippen LogP contribution in [-0.2, 0) is 5.41 Å². The van der Waals surface area contributed by atoms with Crippen LogP contribution in [0.4, 0.5) is 0 Å². The highest BCUT2D eigenvalue weighted by molar-refractivity contribution is 6.31. The van der Waals surface area contributed by atoms with Crippen molar-refractivity contribution in [3.8, 4) is 11.8 Å². The van der Waals surface area contributed by atoms with Gasteiger partial charge in [-0.15, -0.1) is 0 Å². The zero-order chi connectivity index (χ0) is 16.1. The number of aromatic nitrogens is 1. The molecule has 0 bridgehead atoms. The SMILES string of the molecule is Cc1c(Cl)cc(-n2c(C)ccc2C)cc1C1(C#N)CC1CO. The predicted octanol–water partition coefficient (Wildman–Crippen LogP) is 3.83. The van der Waals surface area contributed by atoms with E-state index in [9.17, 15) is 10.4 Å². The number of aliphatic hydroxyl groups is 1. The monoisotopic (exact) mass is 314 g/mol. The van der Waals surface area contributed by atoms with Gasteiger partial charge in [-0.3, -0.25) is 0 Å². The molecule has 1 heterocycles. The minimum atomic E-state index is -0.590. The first kappa shape index (κ1) is 15.1. The summed E-state index contributed by atoms with van der Waals surface area (Å²) in [6.07, 6.45) is 0.699. The Kier molecular flexibility index (Phi) is 3.55. The molecule has 0 amide bonds. The number of benzene rings is 1. The second-order valence-corrected chi connectivity index (χ2v) is 6.63. The Labute approximate surface area is 135 Å². The second kappa shape index (κ2) is 5.15. The van der Waals surface area contributed by atoms with E-state index in [4.69, 9.17) is 11.6 Å². The van der Waals surface area contributed by atoms with Gasteiger partial charge in [0.1, 0.15) is 0 Å². The van der Waals surface area contributed by atoms with Gasteiger partial charge < -0.3 is 9.67 Å². The molecule has 0 spiro atoms. The van der Waals surface area contributed by atoms with Crippen molar-refractivity contribution in [1.29, 1.82) is 5.26 Å². The van der Waals surface area contributed by atoms with Gasteiger partial charge in [-0.2, -0.15) is 5.26 Å². The Morgan fingerprint density at radius 2 is 1.95 bits per heavy atom. The topological polar surface area (TPSA) is 49.0 Å². The van der Waals surface area contributed by atoms with Crippen molar-refractivity contribution in [2.45, 2.75) is 32.6 Å². The summed E-state index contributed by atoms with van der Waals surface area (Å²) in [5.41, 5.74) is 4.53. The first-order valence-electron chi connectivity index (χ1n) is 7.42. The molecule has 2 atom stereocenters. The molecule has 1 aromatic carbocycles. The number of hydrogen-bond donors (Lipinski definition) is 1. The van der Waals surface area contributed by atoms with Crippen LogP contribution in [0.3, 0.4) is 0 Å².